The maximum atomic E-state index is 13.3. The summed E-state index contributed by atoms with van der Waals surface area (Å²) >= 11 is 0. The summed E-state index contributed by atoms with van der Waals surface area (Å²) in [4.78, 5) is 120. The van der Waals surface area contributed by atoms with E-state index >= 15 is 0 Å². The smallest absolute Gasteiger partial charge is 0.339 e. The molecule has 2 aliphatic heterocycles. The van der Waals surface area contributed by atoms with Crippen molar-refractivity contribution in [3.63, 3.8) is 0 Å². The number of terminal acetylenes is 6. The van der Waals surface area contributed by atoms with Gasteiger partial charge in [-0.25, -0.2) is 33.6 Å². The second-order valence-electron chi connectivity index (χ2n) is 17.5. The number of alkyl halides is 1. The highest BCUT2D eigenvalue weighted by molar-refractivity contribution is 5.98. The van der Waals surface area contributed by atoms with Crippen LogP contribution in [0, 0.1) is 91.3 Å². The van der Waals surface area contributed by atoms with E-state index in [1.54, 1.807) is 27.7 Å². The summed E-state index contributed by atoms with van der Waals surface area (Å²) in [5, 5.41) is 0. The van der Waals surface area contributed by atoms with Crippen LogP contribution in [-0.2, 0) is 76.1 Å². The van der Waals surface area contributed by atoms with Gasteiger partial charge in [0.15, 0.2) is 39.6 Å². The molecule has 0 bridgehead atoms. The minimum atomic E-state index is -1.11. The number of carbonyl (C=O) groups is 10. The molecule has 0 aliphatic carbocycles. The lowest BCUT2D eigenvalue weighted by molar-refractivity contribution is -0.158. The van der Waals surface area contributed by atoms with Gasteiger partial charge < -0.3 is 56.8 Å². The Hall–Kier alpha value is -10.4. The second-order valence-corrected chi connectivity index (χ2v) is 17.5. The number of esters is 10. The lowest BCUT2D eigenvalue weighted by Gasteiger charge is -2.28. The van der Waals surface area contributed by atoms with Gasteiger partial charge in [-0.05, 0) is 76.4 Å². The summed E-state index contributed by atoms with van der Waals surface area (Å²) in [5.74, 6) is 4.06. The Morgan fingerprint density at radius 3 is 1.30 bits per heavy atom. The molecular formula is C63H65FO22. The standard InChI is InChI=1S/C32H34O11.C17H12O6.C7H10O3.C6H6O2.CH3F/c1-7-11-38-27(33)22-15-23(28(34)39-12-8-2)17-25(16-22)43-30(36)21(10-4)14-24(29(35)40-13-9-3)18-32(5,6)31(37)42-20-26-19-41-26;1-4-7-21-16(19)12-9-13(17(20)22-8-5-2)11-14(10-12)23-15(18)6-3;1-5(2)7(8)10-4-6-3-9-6;1-3-5-8-6(7)4-2;1-2/h1-3,15-17,21,24,26H,10-14,18-20H2,4-6H3;1-2,6,9-11H,3,7-8H2;6H,1,3-4H2,2H3;1,4H,2,5H2;1H3/i;;;;1D. The summed E-state index contributed by atoms with van der Waals surface area (Å²) in [6, 6.07) is 7.23. The molecule has 86 heavy (non-hydrogen) atoms. The quantitative estimate of drug-likeness (QED) is 0.0265. The third-order valence-electron chi connectivity index (χ3n) is 10.3. The number of ether oxygens (including phenoxy) is 12. The van der Waals surface area contributed by atoms with E-state index in [0.29, 0.717) is 25.4 Å². The molecule has 4 atom stereocenters. The first-order valence-electron chi connectivity index (χ1n) is 25.8. The highest BCUT2D eigenvalue weighted by Gasteiger charge is 2.39. The Balaban J connectivity index is 0.00000138. The van der Waals surface area contributed by atoms with Crippen LogP contribution in [0.5, 0.6) is 11.5 Å². The molecule has 2 fully saturated rings. The van der Waals surface area contributed by atoms with Crippen molar-refractivity contribution in [1.29, 1.82) is 0 Å². The van der Waals surface area contributed by atoms with Crippen LogP contribution < -0.4 is 9.47 Å². The predicted octanol–water partition coefficient (Wildman–Crippen LogP) is 5.54. The number of halogens is 1. The van der Waals surface area contributed by atoms with Crippen molar-refractivity contribution in [1.82, 2.24) is 0 Å². The molecule has 4 unspecified atom stereocenters. The van der Waals surface area contributed by atoms with Crippen molar-refractivity contribution >= 4 is 59.7 Å². The van der Waals surface area contributed by atoms with E-state index in [1.165, 1.54) is 36.4 Å². The normalized spacial score (nSPS) is 13.2. The Bertz CT molecular complexity index is 2920. The van der Waals surface area contributed by atoms with Gasteiger partial charge in [0.05, 0.1) is 61.2 Å². The topological polar surface area (TPSA) is 288 Å². The fourth-order valence-electron chi connectivity index (χ4n) is 6.03. The van der Waals surface area contributed by atoms with E-state index in [1.807, 2.05) is 0 Å². The van der Waals surface area contributed by atoms with E-state index in [9.17, 15) is 52.3 Å². The molecule has 2 heterocycles. The van der Waals surface area contributed by atoms with Gasteiger partial charge in [0.25, 0.3) is 0 Å². The first-order chi connectivity index (χ1) is 41.4. The lowest BCUT2D eigenvalue weighted by Crippen LogP contribution is -2.35. The van der Waals surface area contributed by atoms with Crippen molar-refractivity contribution in [2.75, 3.05) is 73.2 Å². The van der Waals surface area contributed by atoms with Crippen LogP contribution in [0.4, 0.5) is 4.39 Å². The molecular weight excluding hydrogens is 1130 g/mol. The number of carbonyl (C=O) groups excluding carboxylic acids is 10. The second kappa shape index (κ2) is 42.4. The van der Waals surface area contributed by atoms with Gasteiger partial charge in [0, 0.05) is 17.7 Å². The largest absolute Gasteiger partial charge is 0.462 e. The van der Waals surface area contributed by atoms with Crippen LogP contribution in [0.15, 0.2) is 73.9 Å². The molecule has 2 aromatic carbocycles. The number of rotatable bonds is 27. The van der Waals surface area contributed by atoms with E-state index in [2.05, 4.69) is 60.0 Å². The number of epoxide rings is 2. The Labute approximate surface area is 500 Å². The van der Waals surface area contributed by atoms with Crippen LogP contribution in [0.3, 0.4) is 0 Å². The van der Waals surface area contributed by atoms with Crippen LogP contribution >= 0.6 is 0 Å². The Morgan fingerprint density at radius 1 is 0.593 bits per heavy atom. The number of hydrogen-bond acceptors (Lipinski definition) is 22. The zero-order valence-electron chi connectivity index (χ0n) is 48.8. The minimum Gasteiger partial charge on any atom is -0.462 e. The highest BCUT2D eigenvalue weighted by Crippen LogP contribution is 2.33. The summed E-state index contributed by atoms with van der Waals surface area (Å²) in [6.45, 7) is 16.7. The van der Waals surface area contributed by atoms with Crippen molar-refractivity contribution in [3.8, 4) is 85.6 Å². The Morgan fingerprint density at radius 2 is 0.953 bits per heavy atom. The molecule has 22 nitrogen and oxygen atoms in total. The van der Waals surface area contributed by atoms with Gasteiger partial charge in [0.2, 0.25) is 0 Å². The zero-order valence-corrected chi connectivity index (χ0v) is 47.8. The molecule has 0 radical (unpaired) electrons. The molecule has 0 aromatic heterocycles. The van der Waals surface area contributed by atoms with Crippen molar-refractivity contribution < 1.29 is 111 Å². The molecule has 4 rings (SSSR count). The lowest BCUT2D eigenvalue weighted by atomic mass is 9.78. The van der Waals surface area contributed by atoms with Crippen molar-refractivity contribution in [2.45, 2.75) is 59.2 Å². The van der Waals surface area contributed by atoms with Crippen LogP contribution in [0.25, 0.3) is 0 Å². The first-order valence-corrected chi connectivity index (χ1v) is 25.1. The Kier molecular flexibility index (Phi) is 36.3. The average Bonchev–Trinajstić information content (AvgIpc) is 4.40. The third-order valence-corrected chi connectivity index (χ3v) is 10.3. The minimum absolute atomic E-state index is 0.00772. The molecule has 2 saturated heterocycles. The molecule has 2 aromatic rings. The maximum Gasteiger partial charge on any atom is 0.339 e. The van der Waals surface area contributed by atoms with Gasteiger partial charge in [-0.3, -0.25) is 18.8 Å². The third kappa shape index (κ3) is 31.7. The number of benzene rings is 2. The molecule has 0 spiro atoms. The molecule has 2 aliphatic rings. The summed E-state index contributed by atoms with van der Waals surface area (Å²) in [5.41, 5.74) is -1.02. The molecule has 0 N–H and O–H groups in total. The molecule has 456 valence electrons. The fourth-order valence-corrected chi connectivity index (χ4v) is 6.03. The first kappa shape index (κ1) is 73.6. The molecule has 0 amide bonds. The monoisotopic (exact) mass is 1190 g/mol. The van der Waals surface area contributed by atoms with Gasteiger partial charge in [0.1, 0.15) is 36.9 Å². The predicted molar refractivity (Wildman–Crippen MR) is 304 cm³/mol. The summed E-state index contributed by atoms with van der Waals surface area (Å²) in [7, 11) is -1.00. The fraction of sp³-hybridized carbons (Fsp3) is 0.365. The van der Waals surface area contributed by atoms with E-state index in [-0.39, 0.29) is 117 Å². The van der Waals surface area contributed by atoms with Crippen LogP contribution in [-0.4, -0.2) is 145 Å². The van der Waals surface area contributed by atoms with Gasteiger partial charge in [-0.15, -0.1) is 38.5 Å². The average molecular weight is 1190 g/mol. The van der Waals surface area contributed by atoms with Crippen LogP contribution in [0.1, 0.15) is 89.8 Å². The summed E-state index contributed by atoms with van der Waals surface area (Å²) < 4.78 is 74.8. The summed E-state index contributed by atoms with van der Waals surface area (Å²) in [6.07, 6.45) is 32.5. The van der Waals surface area contributed by atoms with E-state index in [0.717, 1.165) is 12.2 Å². The van der Waals surface area contributed by atoms with E-state index in [4.69, 9.17) is 92.0 Å². The van der Waals surface area contributed by atoms with Crippen LogP contribution in [0.2, 0.25) is 0 Å². The highest BCUT2D eigenvalue weighted by atomic mass is 19.1. The van der Waals surface area contributed by atoms with Crippen molar-refractivity contribution in [3.05, 3.63) is 96.1 Å². The van der Waals surface area contributed by atoms with E-state index < -0.39 is 78.1 Å². The van der Waals surface area contributed by atoms with Gasteiger partial charge in [-0.1, -0.05) is 62.2 Å². The zero-order chi connectivity index (χ0) is 65.9. The maximum absolute atomic E-state index is 13.3. The molecule has 0 saturated carbocycles. The molecule has 23 heteroatoms. The van der Waals surface area contributed by atoms with Gasteiger partial charge in [-0.2, -0.15) is 0 Å². The SMILES string of the molecule is C#CCOC(=O)C=C.C#CCOC(=O)c1cc(OC(=O)C(CC)CC(CC(C)(C)C(=O)OCC2CO2)C(=O)OCC#C)cc(C(=O)OCC#C)c1.C#CCOC(=O)c1cc(OC(=O)C=C)cc(C(=O)OCC#C)c1.C=C(C)C(=O)OCC1CO1.[2H]CF. The van der Waals surface area contributed by atoms with Gasteiger partial charge >= 0.3 is 59.7 Å². The number of hydrogen-bond donors (Lipinski definition) is 0. The van der Waals surface area contributed by atoms with Crippen molar-refractivity contribution in [2.24, 2.45) is 17.3 Å².